The first kappa shape index (κ1) is 21.9. The monoisotopic (exact) mass is 430 g/mol. The summed E-state index contributed by atoms with van der Waals surface area (Å²) in [6, 6.07) is 19.5. The van der Waals surface area contributed by atoms with Crippen LogP contribution in [0, 0.1) is 0 Å². The van der Waals surface area contributed by atoms with Gasteiger partial charge in [0.15, 0.2) is 5.96 Å². The van der Waals surface area contributed by atoms with Crippen LogP contribution >= 0.6 is 0 Å². The molecule has 1 aromatic heterocycles. The molecule has 3 aromatic rings. The van der Waals surface area contributed by atoms with Gasteiger partial charge in [0.05, 0.1) is 19.1 Å². The molecular formula is C26H34N6. The molecule has 2 heterocycles. The van der Waals surface area contributed by atoms with Crippen LogP contribution in [-0.4, -0.2) is 35.4 Å². The maximum absolute atomic E-state index is 4.89. The molecule has 1 aliphatic heterocycles. The van der Waals surface area contributed by atoms with Crippen molar-refractivity contribution in [1.29, 1.82) is 0 Å². The maximum Gasteiger partial charge on any atom is 0.192 e. The fraction of sp³-hybridized carbons (Fsp3) is 0.385. The molecule has 1 saturated heterocycles. The predicted molar refractivity (Wildman–Crippen MR) is 132 cm³/mol. The van der Waals surface area contributed by atoms with E-state index in [2.05, 4.69) is 83.0 Å². The van der Waals surface area contributed by atoms with E-state index in [9.17, 15) is 0 Å². The number of rotatable bonds is 8. The van der Waals surface area contributed by atoms with Gasteiger partial charge in [-0.25, -0.2) is 4.99 Å². The molecule has 0 spiro atoms. The molecule has 1 unspecified atom stereocenters. The number of hydrogen-bond acceptors (Lipinski definition) is 3. The van der Waals surface area contributed by atoms with Crippen molar-refractivity contribution in [1.82, 2.24) is 20.4 Å². The maximum atomic E-state index is 4.89. The Kier molecular flexibility index (Phi) is 7.43. The quantitative estimate of drug-likeness (QED) is 0.412. The normalized spacial score (nSPS) is 15.1. The minimum Gasteiger partial charge on any atom is -0.372 e. The summed E-state index contributed by atoms with van der Waals surface area (Å²) in [6.45, 7) is 8.81. The highest BCUT2D eigenvalue weighted by Gasteiger charge is 2.14. The zero-order chi connectivity index (χ0) is 22.2. The number of benzene rings is 2. The highest BCUT2D eigenvalue weighted by atomic mass is 15.3. The van der Waals surface area contributed by atoms with Crippen LogP contribution in [0.15, 0.2) is 72.0 Å². The summed E-state index contributed by atoms with van der Waals surface area (Å²) >= 11 is 0. The standard InChI is InChI=1S/C26H34N6/c1-3-27-26(28-19-23-10-4-5-11-24(23)20-32-17-9-14-29-32)30-21(2)22-12-8-13-25(18-22)31-15-6-7-16-31/h4-5,8-14,17-18,21H,3,6-7,15-16,19-20H2,1-2H3,(H2,27,28,30). The minimum atomic E-state index is 0.162. The Bertz CT molecular complexity index is 1000. The predicted octanol–water partition coefficient (Wildman–Crippen LogP) is 4.35. The summed E-state index contributed by atoms with van der Waals surface area (Å²) in [5.41, 5.74) is 5.05. The van der Waals surface area contributed by atoms with Crippen molar-refractivity contribution in [3.05, 3.63) is 83.7 Å². The third kappa shape index (κ3) is 5.69. The third-order valence-electron chi connectivity index (χ3n) is 5.96. The van der Waals surface area contributed by atoms with E-state index in [0.29, 0.717) is 6.54 Å². The lowest BCUT2D eigenvalue weighted by molar-refractivity contribution is 0.676. The van der Waals surface area contributed by atoms with Gasteiger partial charge >= 0.3 is 0 Å². The number of guanidine groups is 1. The minimum absolute atomic E-state index is 0.162. The second-order valence-electron chi connectivity index (χ2n) is 8.32. The fourth-order valence-corrected chi connectivity index (χ4v) is 4.17. The van der Waals surface area contributed by atoms with Crippen LogP contribution in [0.4, 0.5) is 5.69 Å². The summed E-state index contributed by atoms with van der Waals surface area (Å²) in [5, 5.41) is 11.3. The second kappa shape index (κ2) is 10.8. The lowest BCUT2D eigenvalue weighted by Crippen LogP contribution is -2.38. The summed E-state index contributed by atoms with van der Waals surface area (Å²) in [5.74, 6) is 0.834. The highest BCUT2D eigenvalue weighted by Crippen LogP contribution is 2.24. The van der Waals surface area contributed by atoms with E-state index in [1.165, 1.54) is 35.2 Å². The molecule has 0 aliphatic carbocycles. The lowest BCUT2D eigenvalue weighted by atomic mass is 10.1. The van der Waals surface area contributed by atoms with Crippen LogP contribution in [0.5, 0.6) is 0 Å². The van der Waals surface area contributed by atoms with E-state index >= 15 is 0 Å². The van der Waals surface area contributed by atoms with Gasteiger partial charge in [0.1, 0.15) is 0 Å². The lowest BCUT2D eigenvalue weighted by Gasteiger charge is -2.22. The zero-order valence-electron chi connectivity index (χ0n) is 19.2. The van der Waals surface area contributed by atoms with Crippen LogP contribution in [-0.2, 0) is 13.1 Å². The molecule has 0 saturated carbocycles. The molecule has 1 aliphatic rings. The van der Waals surface area contributed by atoms with E-state index in [1.54, 1.807) is 0 Å². The van der Waals surface area contributed by atoms with E-state index < -0.39 is 0 Å². The highest BCUT2D eigenvalue weighted by molar-refractivity contribution is 5.80. The van der Waals surface area contributed by atoms with Crippen LogP contribution < -0.4 is 15.5 Å². The molecular weight excluding hydrogens is 396 g/mol. The number of aliphatic imine (C=N–C) groups is 1. The van der Waals surface area contributed by atoms with E-state index in [1.807, 2.05) is 23.1 Å². The third-order valence-corrected chi connectivity index (χ3v) is 5.96. The molecule has 6 nitrogen and oxygen atoms in total. The van der Waals surface area contributed by atoms with Crippen LogP contribution in [0.25, 0.3) is 0 Å². The van der Waals surface area contributed by atoms with Gasteiger partial charge in [0.2, 0.25) is 0 Å². The topological polar surface area (TPSA) is 57.5 Å². The summed E-state index contributed by atoms with van der Waals surface area (Å²) < 4.78 is 1.95. The van der Waals surface area contributed by atoms with Crippen molar-refractivity contribution in [2.24, 2.45) is 4.99 Å². The molecule has 4 rings (SSSR count). The number of nitrogens with one attached hydrogen (secondary N) is 2. The number of anilines is 1. The first-order valence-electron chi connectivity index (χ1n) is 11.7. The Morgan fingerprint density at radius 2 is 1.88 bits per heavy atom. The number of hydrogen-bond donors (Lipinski definition) is 2. The SMILES string of the molecule is CCNC(=NCc1ccccc1Cn1cccn1)NC(C)c1cccc(N2CCCC2)c1. The van der Waals surface area contributed by atoms with Crippen molar-refractivity contribution in [3.8, 4) is 0 Å². The fourth-order valence-electron chi connectivity index (χ4n) is 4.17. The molecule has 6 heteroatoms. The molecule has 0 amide bonds. The van der Waals surface area contributed by atoms with Gasteiger partial charge in [-0.05, 0) is 61.6 Å². The molecule has 2 aromatic carbocycles. The summed E-state index contributed by atoms with van der Waals surface area (Å²) in [4.78, 5) is 7.37. The molecule has 32 heavy (non-hydrogen) atoms. The summed E-state index contributed by atoms with van der Waals surface area (Å²) in [7, 11) is 0. The summed E-state index contributed by atoms with van der Waals surface area (Å²) in [6.07, 6.45) is 6.38. The van der Waals surface area contributed by atoms with Gasteiger partial charge in [-0.1, -0.05) is 36.4 Å². The van der Waals surface area contributed by atoms with Gasteiger partial charge in [-0.3, -0.25) is 4.68 Å². The van der Waals surface area contributed by atoms with Gasteiger partial charge in [0.25, 0.3) is 0 Å². The van der Waals surface area contributed by atoms with Crippen LogP contribution in [0.3, 0.4) is 0 Å². The van der Waals surface area contributed by atoms with Gasteiger partial charge < -0.3 is 15.5 Å². The molecule has 0 bridgehead atoms. The van der Waals surface area contributed by atoms with Crippen LogP contribution in [0.2, 0.25) is 0 Å². The van der Waals surface area contributed by atoms with E-state index in [0.717, 1.165) is 32.1 Å². The second-order valence-corrected chi connectivity index (χ2v) is 8.32. The largest absolute Gasteiger partial charge is 0.372 e. The van der Waals surface area contributed by atoms with Crippen LogP contribution in [0.1, 0.15) is 49.4 Å². The average molecular weight is 431 g/mol. The average Bonchev–Trinajstić information content (AvgIpc) is 3.53. The first-order chi connectivity index (χ1) is 15.7. The Labute approximate surface area is 191 Å². The van der Waals surface area contributed by atoms with Gasteiger partial charge in [-0.15, -0.1) is 0 Å². The molecule has 1 atom stereocenters. The Hall–Kier alpha value is -3.28. The molecule has 0 radical (unpaired) electrons. The molecule has 1 fully saturated rings. The number of aromatic nitrogens is 2. The first-order valence-corrected chi connectivity index (χ1v) is 11.7. The van der Waals surface area contributed by atoms with Crippen molar-refractivity contribution >= 4 is 11.6 Å². The Morgan fingerprint density at radius 3 is 2.62 bits per heavy atom. The molecule has 2 N–H and O–H groups in total. The van der Waals surface area contributed by atoms with E-state index in [-0.39, 0.29) is 6.04 Å². The van der Waals surface area contributed by atoms with Crippen molar-refractivity contribution in [3.63, 3.8) is 0 Å². The number of nitrogens with zero attached hydrogens (tertiary/aromatic N) is 4. The zero-order valence-corrected chi connectivity index (χ0v) is 19.2. The Morgan fingerprint density at radius 1 is 1.06 bits per heavy atom. The van der Waals surface area contributed by atoms with E-state index in [4.69, 9.17) is 4.99 Å². The van der Waals surface area contributed by atoms with Gasteiger partial charge in [0, 0.05) is 37.7 Å². The molecule has 168 valence electrons. The Balaban J connectivity index is 1.45. The van der Waals surface area contributed by atoms with Crippen molar-refractivity contribution in [2.45, 2.75) is 45.8 Å². The van der Waals surface area contributed by atoms with Crippen molar-refractivity contribution in [2.75, 3.05) is 24.5 Å². The smallest absolute Gasteiger partial charge is 0.192 e. The van der Waals surface area contributed by atoms with Crippen molar-refractivity contribution < 1.29 is 0 Å². The van der Waals surface area contributed by atoms with Gasteiger partial charge in [-0.2, -0.15) is 5.10 Å².